The molecule has 0 bridgehead atoms. The average Bonchev–Trinajstić information content (AvgIpc) is 3.08. The van der Waals surface area contributed by atoms with E-state index in [1.54, 1.807) is 6.07 Å². The van der Waals surface area contributed by atoms with Crippen molar-refractivity contribution in [1.29, 1.82) is 0 Å². The van der Waals surface area contributed by atoms with Gasteiger partial charge >= 0.3 is 0 Å². The summed E-state index contributed by atoms with van der Waals surface area (Å²) >= 11 is 12.1. The predicted octanol–water partition coefficient (Wildman–Crippen LogP) is 4.03. The van der Waals surface area contributed by atoms with Gasteiger partial charge in [0.2, 0.25) is 0 Å². The Kier molecular flexibility index (Phi) is 3.44. The lowest BCUT2D eigenvalue weighted by molar-refractivity contribution is 0.257. The maximum absolute atomic E-state index is 6.20. The molecule has 1 saturated heterocycles. The molecular weight excluding hydrogens is 267 g/mol. The van der Waals surface area contributed by atoms with Gasteiger partial charge in [0.25, 0.3) is 0 Å². The summed E-state index contributed by atoms with van der Waals surface area (Å²) in [5.74, 6) is 0. The Balaban J connectivity index is 1.66. The maximum Gasteiger partial charge on any atom is 0.0652 e. The molecule has 2 atom stereocenters. The topological polar surface area (TPSA) is 15.3 Å². The SMILES string of the molecule is CC1CC(Nc2ccc(Cl)cc2Cl)CN1C1CC1. The molecule has 0 radical (unpaired) electrons. The lowest BCUT2D eigenvalue weighted by Gasteiger charge is -2.20. The quantitative estimate of drug-likeness (QED) is 0.902. The molecule has 18 heavy (non-hydrogen) atoms. The minimum atomic E-state index is 0.499. The van der Waals surface area contributed by atoms with E-state index in [2.05, 4.69) is 17.1 Å². The monoisotopic (exact) mass is 284 g/mol. The third-order valence-corrected chi connectivity index (χ3v) is 4.48. The van der Waals surface area contributed by atoms with Crippen LogP contribution in [-0.4, -0.2) is 29.6 Å². The van der Waals surface area contributed by atoms with Gasteiger partial charge in [-0.1, -0.05) is 23.2 Å². The van der Waals surface area contributed by atoms with E-state index in [0.29, 0.717) is 22.1 Å². The minimum Gasteiger partial charge on any atom is -0.380 e. The molecule has 2 aliphatic rings. The van der Waals surface area contributed by atoms with Crippen molar-refractivity contribution in [1.82, 2.24) is 4.90 Å². The first-order valence-electron chi connectivity index (χ1n) is 6.61. The zero-order valence-corrected chi connectivity index (χ0v) is 12.0. The summed E-state index contributed by atoms with van der Waals surface area (Å²) in [4.78, 5) is 2.63. The molecule has 2 fully saturated rings. The molecule has 2 unspecified atom stereocenters. The summed E-state index contributed by atoms with van der Waals surface area (Å²) in [6.07, 6.45) is 3.94. The first-order chi connectivity index (χ1) is 8.63. The molecule has 1 aliphatic heterocycles. The van der Waals surface area contributed by atoms with Crippen LogP contribution < -0.4 is 5.32 Å². The Hall–Kier alpha value is -0.440. The summed E-state index contributed by atoms with van der Waals surface area (Å²) in [5, 5.41) is 4.94. The first kappa shape index (κ1) is 12.6. The fraction of sp³-hybridized carbons (Fsp3) is 0.571. The number of halogens is 2. The Morgan fingerprint density at radius 2 is 2.06 bits per heavy atom. The number of rotatable bonds is 3. The van der Waals surface area contributed by atoms with Crippen LogP contribution in [0.2, 0.25) is 10.0 Å². The Morgan fingerprint density at radius 3 is 2.72 bits per heavy atom. The van der Waals surface area contributed by atoms with Crippen molar-refractivity contribution in [3.63, 3.8) is 0 Å². The predicted molar refractivity (Wildman–Crippen MR) is 77.7 cm³/mol. The second-order valence-corrected chi connectivity index (χ2v) is 6.32. The van der Waals surface area contributed by atoms with Crippen LogP contribution >= 0.6 is 23.2 Å². The lowest BCUT2D eigenvalue weighted by Crippen LogP contribution is -2.31. The summed E-state index contributed by atoms with van der Waals surface area (Å²) in [6, 6.07) is 7.66. The lowest BCUT2D eigenvalue weighted by atomic mass is 10.2. The highest BCUT2D eigenvalue weighted by atomic mass is 35.5. The van der Waals surface area contributed by atoms with Crippen molar-refractivity contribution in [2.45, 2.75) is 44.3 Å². The molecule has 1 saturated carbocycles. The second-order valence-electron chi connectivity index (χ2n) is 5.48. The van der Waals surface area contributed by atoms with Crippen molar-refractivity contribution in [3.05, 3.63) is 28.2 Å². The molecule has 3 rings (SSSR count). The van der Waals surface area contributed by atoms with Gasteiger partial charge in [-0.15, -0.1) is 0 Å². The van der Waals surface area contributed by atoms with Crippen molar-refractivity contribution in [2.75, 3.05) is 11.9 Å². The van der Waals surface area contributed by atoms with E-state index in [0.717, 1.165) is 18.3 Å². The fourth-order valence-corrected chi connectivity index (χ4v) is 3.37. The summed E-state index contributed by atoms with van der Waals surface area (Å²) in [7, 11) is 0. The summed E-state index contributed by atoms with van der Waals surface area (Å²) in [5.41, 5.74) is 0.996. The normalized spacial score (nSPS) is 28.6. The number of hydrogen-bond donors (Lipinski definition) is 1. The number of likely N-dealkylation sites (tertiary alicyclic amines) is 1. The Morgan fingerprint density at radius 1 is 1.28 bits per heavy atom. The average molecular weight is 285 g/mol. The zero-order chi connectivity index (χ0) is 12.7. The molecule has 98 valence electrons. The van der Waals surface area contributed by atoms with Gasteiger partial charge in [0, 0.05) is 29.7 Å². The fourth-order valence-electron chi connectivity index (χ4n) is 2.90. The van der Waals surface area contributed by atoms with Crippen molar-refractivity contribution in [3.8, 4) is 0 Å². The smallest absolute Gasteiger partial charge is 0.0652 e. The zero-order valence-electron chi connectivity index (χ0n) is 10.5. The third-order valence-electron chi connectivity index (χ3n) is 3.93. The van der Waals surface area contributed by atoms with E-state index in [9.17, 15) is 0 Å². The van der Waals surface area contributed by atoms with E-state index < -0.39 is 0 Å². The number of hydrogen-bond acceptors (Lipinski definition) is 2. The van der Waals surface area contributed by atoms with Gasteiger partial charge in [0.15, 0.2) is 0 Å². The molecule has 1 aromatic rings. The summed E-state index contributed by atoms with van der Waals surface area (Å²) < 4.78 is 0. The molecule has 1 N–H and O–H groups in total. The molecule has 1 aliphatic carbocycles. The number of benzene rings is 1. The van der Waals surface area contributed by atoms with Crippen LogP contribution in [0.1, 0.15) is 26.2 Å². The van der Waals surface area contributed by atoms with Crippen LogP contribution in [-0.2, 0) is 0 Å². The third kappa shape index (κ3) is 2.61. The number of anilines is 1. The highest BCUT2D eigenvalue weighted by Crippen LogP contribution is 2.35. The minimum absolute atomic E-state index is 0.499. The van der Waals surface area contributed by atoms with Gasteiger partial charge in [-0.05, 0) is 44.4 Å². The van der Waals surface area contributed by atoms with Crippen LogP contribution in [0.15, 0.2) is 18.2 Å². The van der Waals surface area contributed by atoms with Gasteiger partial charge in [-0.25, -0.2) is 0 Å². The molecule has 1 aromatic carbocycles. The van der Waals surface area contributed by atoms with Crippen molar-refractivity contribution in [2.24, 2.45) is 0 Å². The molecule has 0 aromatic heterocycles. The molecule has 0 spiro atoms. The number of nitrogens with one attached hydrogen (secondary N) is 1. The molecule has 0 amide bonds. The standard InChI is InChI=1S/C14H18Cl2N2/c1-9-6-11(8-18(9)12-3-4-12)17-14-5-2-10(15)7-13(14)16/h2,5,7,9,11-12,17H,3-4,6,8H2,1H3. The highest BCUT2D eigenvalue weighted by molar-refractivity contribution is 6.36. The van der Waals surface area contributed by atoms with E-state index >= 15 is 0 Å². The second kappa shape index (κ2) is 4.92. The Bertz CT molecular complexity index is 445. The van der Waals surface area contributed by atoms with Gasteiger partial charge in [-0.2, -0.15) is 0 Å². The van der Waals surface area contributed by atoms with E-state index in [1.807, 2.05) is 12.1 Å². The van der Waals surface area contributed by atoms with Crippen molar-refractivity contribution < 1.29 is 0 Å². The molecule has 1 heterocycles. The van der Waals surface area contributed by atoms with E-state index in [-0.39, 0.29) is 0 Å². The molecular formula is C14H18Cl2N2. The van der Waals surface area contributed by atoms with Gasteiger partial charge < -0.3 is 5.32 Å². The van der Waals surface area contributed by atoms with E-state index in [4.69, 9.17) is 23.2 Å². The largest absolute Gasteiger partial charge is 0.380 e. The van der Waals surface area contributed by atoms with Gasteiger partial charge in [-0.3, -0.25) is 4.90 Å². The van der Waals surface area contributed by atoms with Crippen LogP contribution in [0, 0.1) is 0 Å². The van der Waals surface area contributed by atoms with E-state index in [1.165, 1.54) is 19.3 Å². The Labute approximate surface area is 118 Å². The summed E-state index contributed by atoms with van der Waals surface area (Å²) in [6.45, 7) is 3.45. The highest BCUT2D eigenvalue weighted by Gasteiger charge is 2.38. The molecule has 2 nitrogen and oxygen atoms in total. The first-order valence-corrected chi connectivity index (χ1v) is 7.36. The van der Waals surface area contributed by atoms with Crippen molar-refractivity contribution >= 4 is 28.9 Å². The van der Waals surface area contributed by atoms with Crippen LogP contribution in [0.5, 0.6) is 0 Å². The van der Waals surface area contributed by atoms with Crippen LogP contribution in [0.4, 0.5) is 5.69 Å². The van der Waals surface area contributed by atoms with Crippen LogP contribution in [0.3, 0.4) is 0 Å². The number of nitrogens with zero attached hydrogens (tertiary/aromatic N) is 1. The van der Waals surface area contributed by atoms with Gasteiger partial charge in [0.1, 0.15) is 0 Å². The molecule has 4 heteroatoms. The van der Waals surface area contributed by atoms with Crippen LogP contribution in [0.25, 0.3) is 0 Å². The van der Waals surface area contributed by atoms with Gasteiger partial charge in [0.05, 0.1) is 10.7 Å². The maximum atomic E-state index is 6.20.